The lowest BCUT2D eigenvalue weighted by molar-refractivity contribution is -0.132. The average molecular weight is 577 g/mol. The Morgan fingerprint density at radius 3 is 2.30 bits per heavy atom. The number of Topliss-reactive ketones (excluding diaryl/α,β-unsaturated/α-hetero) is 1. The van der Waals surface area contributed by atoms with Crippen molar-refractivity contribution in [2.24, 2.45) is 0 Å². The fraction of sp³-hybridized carbons (Fsp3) is 0.0370. The summed E-state index contributed by atoms with van der Waals surface area (Å²) in [5.74, 6) is -4.09. The van der Waals surface area contributed by atoms with Crippen LogP contribution in [0.15, 0.2) is 88.4 Å². The van der Waals surface area contributed by atoms with Gasteiger partial charge in [-0.25, -0.2) is 9.78 Å². The van der Waals surface area contributed by atoms with Crippen molar-refractivity contribution < 1.29 is 29.7 Å². The normalized spacial score (nSPS) is 16.8. The van der Waals surface area contributed by atoms with E-state index in [2.05, 4.69) is 20.9 Å². The van der Waals surface area contributed by atoms with Crippen molar-refractivity contribution in [3.05, 3.63) is 105 Å². The Hall–Kier alpha value is -4.28. The molecule has 5 rings (SSSR count). The SMILES string of the molecule is O=C1C(=O)N(c2ccc(O)c(C(=O)O)c2)C(c2ccc(-c3nccs3)cc2)C1=C(O)c1ccc(Br)cc1. The van der Waals surface area contributed by atoms with Gasteiger partial charge in [-0.1, -0.05) is 52.3 Å². The van der Waals surface area contributed by atoms with E-state index >= 15 is 0 Å². The summed E-state index contributed by atoms with van der Waals surface area (Å²) in [6, 6.07) is 16.2. The van der Waals surface area contributed by atoms with Gasteiger partial charge in [-0.2, -0.15) is 0 Å². The van der Waals surface area contributed by atoms with E-state index in [1.54, 1.807) is 54.7 Å². The molecule has 8 nitrogen and oxygen atoms in total. The van der Waals surface area contributed by atoms with Crippen molar-refractivity contribution in [3.63, 3.8) is 0 Å². The highest BCUT2D eigenvalue weighted by Gasteiger charge is 2.47. The molecule has 3 aromatic carbocycles. The third-order valence-corrected chi connectivity index (χ3v) is 7.31. The maximum Gasteiger partial charge on any atom is 0.339 e. The van der Waals surface area contributed by atoms with E-state index in [0.29, 0.717) is 11.1 Å². The first-order valence-electron chi connectivity index (χ1n) is 10.9. The number of rotatable bonds is 5. The highest BCUT2D eigenvalue weighted by Crippen LogP contribution is 2.43. The molecule has 1 atom stereocenters. The van der Waals surface area contributed by atoms with Gasteiger partial charge in [-0.05, 0) is 35.9 Å². The minimum absolute atomic E-state index is 0.0844. The maximum atomic E-state index is 13.3. The minimum Gasteiger partial charge on any atom is -0.507 e. The van der Waals surface area contributed by atoms with Crippen molar-refractivity contribution in [1.82, 2.24) is 4.98 Å². The standard InChI is InChI=1S/C27H17BrN2O6S/c28-17-7-5-15(6-8-17)23(32)21-22(14-1-3-16(4-2-14)25-29-11-12-37-25)30(26(34)24(21)33)18-9-10-20(31)19(13-18)27(35)36/h1-13,22,31-32H,(H,35,36). The van der Waals surface area contributed by atoms with Gasteiger partial charge in [0.2, 0.25) is 0 Å². The van der Waals surface area contributed by atoms with E-state index in [1.165, 1.54) is 17.4 Å². The van der Waals surface area contributed by atoms with Crippen molar-refractivity contribution in [3.8, 4) is 16.3 Å². The van der Waals surface area contributed by atoms with Crippen LogP contribution in [0.1, 0.15) is 27.5 Å². The van der Waals surface area contributed by atoms with E-state index in [9.17, 15) is 29.7 Å². The number of carboxylic acid groups (broad SMARTS) is 1. The summed E-state index contributed by atoms with van der Waals surface area (Å²) < 4.78 is 0.768. The molecule has 1 aliphatic rings. The van der Waals surface area contributed by atoms with Crippen molar-refractivity contribution in [1.29, 1.82) is 0 Å². The zero-order valence-electron chi connectivity index (χ0n) is 18.8. The lowest BCUT2D eigenvalue weighted by atomic mass is 9.94. The summed E-state index contributed by atoms with van der Waals surface area (Å²) >= 11 is 4.80. The van der Waals surface area contributed by atoms with Crippen LogP contribution in [0, 0.1) is 0 Å². The van der Waals surface area contributed by atoms with Gasteiger partial charge in [0.15, 0.2) is 0 Å². The number of thiazole rings is 1. The van der Waals surface area contributed by atoms with Gasteiger partial charge < -0.3 is 15.3 Å². The number of halogens is 1. The fourth-order valence-corrected chi connectivity index (χ4v) is 5.11. The van der Waals surface area contributed by atoms with Crippen LogP contribution in [0.5, 0.6) is 5.75 Å². The van der Waals surface area contributed by atoms with Crippen LogP contribution in [0.3, 0.4) is 0 Å². The number of phenols is 1. The fourth-order valence-electron chi connectivity index (χ4n) is 4.20. The Bertz CT molecular complexity index is 1560. The van der Waals surface area contributed by atoms with Gasteiger partial charge in [0.05, 0.1) is 11.6 Å². The topological polar surface area (TPSA) is 128 Å². The van der Waals surface area contributed by atoms with E-state index in [0.717, 1.165) is 32.1 Å². The molecule has 1 amide bonds. The van der Waals surface area contributed by atoms with Gasteiger partial charge in [-0.15, -0.1) is 11.3 Å². The molecule has 184 valence electrons. The largest absolute Gasteiger partial charge is 0.507 e. The quantitative estimate of drug-likeness (QED) is 0.160. The summed E-state index contributed by atoms with van der Waals surface area (Å²) in [5.41, 5.74) is 1.21. The lowest BCUT2D eigenvalue weighted by Crippen LogP contribution is -2.29. The molecule has 4 aromatic rings. The number of carbonyl (C=O) groups is 3. The highest BCUT2D eigenvalue weighted by atomic mass is 79.9. The van der Waals surface area contributed by atoms with Crippen LogP contribution < -0.4 is 4.90 Å². The average Bonchev–Trinajstić information content (AvgIpc) is 3.52. The second-order valence-corrected chi connectivity index (χ2v) is 9.95. The summed E-state index contributed by atoms with van der Waals surface area (Å²) in [6.07, 6.45) is 1.69. The monoisotopic (exact) mass is 576 g/mol. The third-order valence-electron chi connectivity index (χ3n) is 5.96. The third kappa shape index (κ3) is 4.41. The summed E-state index contributed by atoms with van der Waals surface area (Å²) in [5, 5.41) is 33.3. The van der Waals surface area contributed by atoms with Crippen LogP contribution in [-0.2, 0) is 9.59 Å². The molecule has 3 N–H and O–H groups in total. The first-order chi connectivity index (χ1) is 17.8. The number of carbonyl (C=O) groups excluding carboxylic acids is 2. The summed E-state index contributed by atoms with van der Waals surface area (Å²) in [4.78, 5) is 43.7. The molecule has 0 bridgehead atoms. The molecule has 2 heterocycles. The molecule has 1 fully saturated rings. The van der Waals surface area contributed by atoms with Crippen LogP contribution in [0.2, 0.25) is 0 Å². The first kappa shape index (κ1) is 24.4. The Morgan fingerprint density at radius 2 is 1.68 bits per heavy atom. The molecule has 37 heavy (non-hydrogen) atoms. The lowest BCUT2D eigenvalue weighted by Gasteiger charge is -2.26. The summed E-state index contributed by atoms with van der Waals surface area (Å²) in [6.45, 7) is 0. The Kier molecular flexibility index (Phi) is 6.36. The second-order valence-electron chi connectivity index (χ2n) is 8.14. The van der Waals surface area contributed by atoms with Gasteiger partial charge in [0.25, 0.3) is 11.7 Å². The maximum absolute atomic E-state index is 13.3. The number of aromatic carboxylic acids is 1. The number of anilines is 1. The molecular weight excluding hydrogens is 560 g/mol. The molecule has 0 spiro atoms. The Balaban J connectivity index is 1.70. The van der Waals surface area contributed by atoms with Crippen molar-refractivity contribution in [2.45, 2.75) is 6.04 Å². The molecule has 1 aromatic heterocycles. The van der Waals surface area contributed by atoms with Gasteiger partial charge >= 0.3 is 5.97 Å². The number of aliphatic hydroxyl groups excluding tert-OH is 1. The number of aliphatic hydroxyl groups is 1. The van der Waals surface area contributed by atoms with E-state index < -0.39 is 35.0 Å². The molecule has 10 heteroatoms. The van der Waals surface area contributed by atoms with Crippen LogP contribution in [-0.4, -0.2) is 38.0 Å². The molecule has 0 radical (unpaired) electrons. The van der Waals surface area contributed by atoms with Gasteiger partial charge in [0.1, 0.15) is 22.1 Å². The second kappa shape index (κ2) is 9.64. The number of amides is 1. The molecule has 1 saturated heterocycles. The van der Waals surface area contributed by atoms with Gasteiger partial charge in [0, 0.05) is 32.9 Å². The molecule has 1 aliphatic heterocycles. The van der Waals surface area contributed by atoms with Crippen LogP contribution >= 0.6 is 27.3 Å². The first-order valence-corrected chi connectivity index (χ1v) is 12.6. The molecular formula is C27H17BrN2O6S. The van der Waals surface area contributed by atoms with E-state index in [-0.39, 0.29) is 17.0 Å². The van der Waals surface area contributed by atoms with Gasteiger partial charge in [-0.3, -0.25) is 14.5 Å². The minimum atomic E-state index is -1.39. The molecule has 0 saturated carbocycles. The Morgan fingerprint density at radius 1 is 0.973 bits per heavy atom. The molecule has 0 aliphatic carbocycles. The van der Waals surface area contributed by atoms with E-state index in [1.807, 2.05) is 5.38 Å². The number of hydrogen-bond donors (Lipinski definition) is 3. The van der Waals surface area contributed by atoms with Crippen molar-refractivity contribution >= 4 is 56.4 Å². The number of aromatic nitrogens is 1. The van der Waals surface area contributed by atoms with Crippen molar-refractivity contribution in [2.75, 3.05) is 4.90 Å². The predicted molar refractivity (Wildman–Crippen MR) is 142 cm³/mol. The summed E-state index contributed by atoms with van der Waals surface area (Å²) in [7, 11) is 0. The number of ketones is 1. The van der Waals surface area contributed by atoms with Crippen LogP contribution in [0.4, 0.5) is 5.69 Å². The van der Waals surface area contributed by atoms with Crippen LogP contribution in [0.25, 0.3) is 16.3 Å². The number of aromatic hydroxyl groups is 1. The number of carboxylic acids is 1. The number of benzene rings is 3. The predicted octanol–water partition coefficient (Wildman–Crippen LogP) is 5.60. The smallest absolute Gasteiger partial charge is 0.339 e. The van der Waals surface area contributed by atoms with E-state index in [4.69, 9.17) is 0 Å². The number of hydrogen-bond acceptors (Lipinski definition) is 7. The Labute approximate surface area is 222 Å². The highest BCUT2D eigenvalue weighted by molar-refractivity contribution is 9.10. The zero-order valence-corrected chi connectivity index (χ0v) is 21.2. The number of nitrogens with zero attached hydrogens (tertiary/aromatic N) is 2. The molecule has 1 unspecified atom stereocenters. The zero-order chi connectivity index (χ0) is 26.3.